The van der Waals surface area contributed by atoms with Crippen LogP contribution < -0.4 is 4.74 Å². The molecule has 7 heteroatoms. The van der Waals surface area contributed by atoms with Gasteiger partial charge in [-0.05, 0) is 68.5 Å². The Bertz CT molecular complexity index is 1110. The molecule has 174 valence electrons. The molecule has 8 rings (SSSR count). The van der Waals surface area contributed by atoms with Crippen molar-refractivity contribution in [2.24, 2.45) is 23.7 Å². The first-order valence-corrected chi connectivity index (χ1v) is 12.7. The Morgan fingerprint density at radius 2 is 1.88 bits per heavy atom. The molecule has 5 fully saturated rings. The molecular weight excluding hydrogens is 420 g/mol. The molecule has 1 unspecified atom stereocenters. The Morgan fingerprint density at radius 3 is 2.61 bits per heavy atom. The molecule has 7 aliphatic rings. The van der Waals surface area contributed by atoms with Gasteiger partial charge in [0.15, 0.2) is 11.5 Å². The molecule has 3 heterocycles. The lowest BCUT2D eigenvalue weighted by Crippen LogP contribution is -2.78. The zero-order chi connectivity index (χ0) is 22.4. The van der Waals surface area contributed by atoms with Crippen molar-refractivity contribution in [2.45, 2.75) is 74.7 Å². The molecule has 1 aromatic rings. The van der Waals surface area contributed by atoms with Crippen LogP contribution in [-0.4, -0.2) is 68.7 Å². The second-order valence-corrected chi connectivity index (χ2v) is 11.9. The minimum atomic E-state index is -0.991. The van der Waals surface area contributed by atoms with Crippen LogP contribution in [0.25, 0.3) is 0 Å². The molecule has 1 spiro atoms. The van der Waals surface area contributed by atoms with E-state index < -0.39 is 23.2 Å². The van der Waals surface area contributed by atoms with E-state index in [0.29, 0.717) is 18.6 Å². The van der Waals surface area contributed by atoms with Crippen LogP contribution in [-0.2, 0) is 21.4 Å². The zero-order valence-corrected chi connectivity index (χ0v) is 18.9. The number of nitrogens with zero attached hydrogens (tertiary/aromatic N) is 2. The van der Waals surface area contributed by atoms with Gasteiger partial charge in [0.1, 0.15) is 6.10 Å². The third-order valence-corrected chi connectivity index (χ3v) is 10.5. The lowest BCUT2D eigenvalue weighted by molar-refractivity contribution is -0.202. The average Bonchev–Trinajstić information content (AvgIpc) is 3.66. The molecule has 3 aliphatic heterocycles. The van der Waals surface area contributed by atoms with Crippen molar-refractivity contribution in [3.63, 3.8) is 0 Å². The number of carbonyl (C=O) groups excluding carboxylic acids is 2. The SMILES string of the molecule is CC1[C@H]2C(=O)N([C@@H]3CC[C@@]4(O)[C@H]5Cc6ccc(O)c7c6[C@@]4(CCN5CC4CC4)[C@H]3O7)C(=O)[C@@H]12. The van der Waals surface area contributed by atoms with Crippen molar-refractivity contribution in [2.75, 3.05) is 13.1 Å². The molecule has 2 saturated heterocycles. The molecule has 33 heavy (non-hydrogen) atoms. The summed E-state index contributed by atoms with van der Waals surface area (Å²) in [6.45, 7) is 3.88. The minimum Gasteiger partial charge on any atom is -0.504 e. The number of ether oxygens (including phenoxy) is 1. The summed E-state index contributed by atoms with van der Waals surface area (Å²) in [7, 11) is 0. The number of likely N-dealkylation sites (tertiary alicyclic amines) is 2. The predicted molar refractivity (Wildman–Crippen MR) is 117 cm³/mol. The minimum absolute atomic E-state index is 0.000277. The lowest BCUT2D eigenvalue weighted by atomic mass is 9.48. The summed E-state index contributed by atoms with van der Waals surface area (Å²) in [6.07, 6.45) is 4.59. The highest BCUT2D eigenvalue weighted by atomic mass is 16.5. The average molecular weight is 451 g/mol. The van der Waals surface area contributed by atoms with Gasteiger partial charge in [0.05, 0.1) is 28.9 Å². The van der Waals surface area contributed by atoms with Gasteiger partial charge >= 0.3 is 0 Å². The number of aliphatic hydroxyl groups is 1. The van der Waals surface area contributed by atoms with Gasteiger partial charge in [-0.15, -0.1) is 0 Å². The molecule has 2 bridgehead atoms. The number of phenols is 1. The number of benzene rings is 1. The first kappa shape index (κ1) is 19.2. The topological polar surface area (TPSA) is 90.3 Å². The van der Waals surface area contributed by atoms with E-state index >= 15 is 0 Å². The number of phenolic OH excluding ortho intramolecular Hbond substituents is 1. The van der Waals surface area contributed by atoms with Gasteiger partial charge in [-0.3, -0.25) is 19.4 Å². The van der Waals surface area contributed by atoms with Crippen molar-refractivity contribution < 1.29 is 24.5 Å². The summed E-state index contributed by atoms with van der Waals surface area (Å²) in [6, 6.07) is 3.30. The summed E-state index contributed by atoms with van der Waals surface area (Å²) in [5, 5.41) is 23.3. The highest BCUT2D eigenvalue weighted by Gasteiger charge is 2.76. The third kappa shape index (κ3) is 2.03. The van der Waals surface area contributed by atoms with Crippen LogP contribution in [0.3, 0.4) is 0 Å². The molecule has 8 atom stereocenters. The largest absolute Gasteiger partial charge is 0.504 e. The Kier molecular flexibility index (Phi) is 3.34. The Morgan fingerprint density at radius 1 is 1.12 bits per heavy atom. The second kappa shape index (κ2) is 5.74. The molecule has 0 aromatic heterocycles. The van der Waals surface area contributed by atoms with E-state index in [4.69, 9.17) is 4.74 Å². The van der Waals surface area contributed by atoms with Crippen LogP contribution in [0, 0.1) is 23.7 Å². The molecule has 3 saturated carbocycles. The van der Waals surface area contributed by atoms with Gasteiger partial charge in [0.25, 0.3) is 0 Å². The van der Waals surface area contributed by atoms with Crippen LogP contribution in [0.2, 0.25) is 0 Å². The van der Waals surface area contributed by atoms with Crippen LogP contribution in [0.1, 0.15) is 50.2 Å². The number of fused-ring (bicyclic) bond motifs is 1. The molecule has 2 N–H and O–H groups in total. The number of amides is 2. The Hall–Kier alpha value is -2.12. The highest BCUT2D eigenvalue weighted by molar-refractivity contribution is 6.09. The van der Waals surface area contributed by atoms with E-state index in [2.05, 4.69) is 4.90 Å². The van der Waals surface area contributed by atoms with E-state index in [-0.39, 0.29) is 41.4 Å². The van der Waals surface area contributed by atoms with Crippen LogP contribution in [0.5, 0.6) is 11.5 Å². The molecular formula is C26H30N2O5. The zero-order valence-electron chi connectivity index (χ0n) is 18.9. The molecule has 4 aliphatic carbocycles. The van der Waals surface area contributed by atoms with Gasteiger partial charge in [-0.25, -0.2) is 0 Å². The fourth-order valence-electron chi connectivity index (χ4n) is 8.70. The number of rotatable bonds is 3. The summed E-state index contributed by atoms with van der Waals surface area (Å²) in [5.74, 6) is 0.953. The van der Waals surface area contributed by atoms with E-state index in [1.807, 2.05) is 13.0 Å². The van der Waals surface area contributed by atoms with Gasteiger partial charge < -0.3 is 14.9 Å². The van der Waals surface area contributed by atoms with E-state index in [9.17, 15) is 19.8 Å². The van der Waals surface area contributed by atoms with Crippen LogP contribution in [0.4, 0.5) is 0 Å². The van der Waals surface area contributed by atoms with Crippen molar-refractivity contribution in [3.8, 4) is 11.5 Å². The molecule has 2 amide bonds. The highest BCUT2D eigenvalue weighted by Crippen LogP contribution is 2.67. The van der Waals surface area contributed by atoms with Crippen LogP contribution in [0.15, 0.2) is 12.1 Å². The summed E-state index contributed by atoms with van der Waals surface area (Å²) >= 11 is 0. The smallest absolute Gasteiger partial charge is 0.233 e. The Balaban J connectivity index is 1.27. The number of hydrogen-bond donors (Lipinski definition) is 2. The number of hydrogen-bond acceptors (Lipinski definition) is 6. The van der Waals surface area contributed by atoms with Crippen molar-refractivity contribution >= 4 is 11.8 Å². The van der Waals surface area contributed by atoms with Crippen molar-refractivity contribution in [3.05, 3.63) is 23.3 Å². The molecule has 1 aromatic carbocycles. The monoisotopic (exact) mass is 450 g/mol. The van der Waals surface area contributed by atoms with Crippen molar-refractivity contribution in [1.29, 1.82) is 0 Å². The number of aromatic hydroxyl groups is 1. The first-order chi connectivity index (χ1) is 15.9. The standard InChI is InChI=1S/C26H30N2O5/c1-12-18-19(12)24(31)28(23(18)30)15-6-7-26(32)17-10-14-4-5-16(29)21-20(14)25(26,22(15)33-21)8-9-27(17)11-13-2-3-13/h4-5,12-13,15,17-19,22,29,32H,2-3,6-11H2,1H3/t12?,15-,17-,18-,19+,22+,25+,26-/m1/s1. The molecule has 0 radical (unpaired) electrons. The van der Waals surface area contributed by atoms with Crippen LogP contribution >= 0.6 is 0 Å². The van der Waals surface area contributed by atoms with Gasteiger partial charge in [-0.2, -0.15) is 0 Å². The second-order valence-electron chi connectivity index (χ2n) is 11.9. The maximum Gasteiger partial charge on any atom is 0.233 e. The lowest BCUT2D eigenvalue weighted by Gasteiger charge is -2.64. The first-order valence-electron chi connectivity index (χ1n) is 12.7. The van der Waals surface area contributed by atoms with E-state index in [1.165, 1.54) is 17.7 Å². The predicted octanol–water partition coefficient (Wildman–Crippen LogP) is 1.58. The van der Waals surface area contributed by atoms with Gasteiger partial charge in [0.2, 0.25) is 11.8 Å². The number of piperidine rings is 2. The maximum atomic E-state index is 13.2. The summed E-state index contributed by atoms with van der Waals surface area (Å²) < 4.78 is 6.53. The number of imide groups is 1. The summed E-state index contributed by atoms with van der Waals surface area (Å²) in [4.78, 5) is 30.4. The fourth-order valence-corrected chi connectivity index (χ4v) is 8.70. The maximum absolute atomic E-state index is 13.2. The fraction of sp³-hybridized carbons (Fsp3) is 0.692. The summed E-state index contributed by atoms with van der Waals surface area (Å²) in [5.41, 5.74) is 0.396. The third-order valence-electron chi connectivity index (χ3n) is 10.5. The Labute approximate surface area is 192 Å². The molecule has 7 nitrogen and oxygen atoms in total. The van der Waals surface area contributed by atoms with Crippen molar-refractivity contribution in [1.82, 2.24) is 9.80 Å². The normalized spacial score (nSPS) is 46.8. The quantitative estimate of drug-likeness (QED) is 0.680. The van der Waals surface area contributed by atoms with Gasteiger partial charge in [-0.1, -0.05) is 13.0 Å². The van der Waals surface area contributed by atoms with E-state index in [0.717, 1.165) is 43.0 Å². The number of carbonyl (C=O) groups is 2. The van der Waals surface area contributed by atoms with Gasteiger partial charge in [0, 0.05) is 18.2 Å². The van der Waals surface area contributed by atoms with E-state index in [1.54, 1.807) is 6.07 Å².